The molecule has 4 aromatic rings. The van der Waals surface area contributed by atoms with E-state index in [1.54, 1.807) is 13.4 Å². The van der Waals surface area contributed by atoms with Crippen LogP contribution in [-0.2, 0) is 4.74 Å². The Balaban J connectivity index is 1.97. The van der Waals surface area contributed by atoms with Gasteiger partial charge in [-0.1, -0.05) is 36.4 Å². The number of benzene rings is 2. The van der Waals surface area contributed by atoms with E-state index in [0.29, 0.717) is 13.2 Å². The monoisotopic (exact) mass is 372 g/mol. The summed E-state index contributed by atoms with van der Waals surface area (Å²) in [5, 5.41) is 4.43. The Kier molecular flexibility index (Phi) is 5.08. The van der Waals surface area contributed by atoms with Crippen LogP contribution in [0.1, 0.15) is 11.1 Å². The van der Waals surface area contributed by atoms with Gasteiger partial charge in [-0.25, -0.2) is 9.97 Å². The molecule has 0 unspecified atom stereocenters. The van der Waals surface area contributed by atoms with Gasteiger partial charge in [0.1, 0.15) is 12.1 Å². The van der Waals surface area contributed by atoms with Gasteiger partial charge in [0.15, 0.2) is 5.65 Å². The van der Waals surface area contributed by atoms with Gasteiger partial charge in [0, 0.05) is 31.1 Å². The predicted molar refractivity (Wildman–Crippen MR) is 114 cm³/mol. The Labute approximate surface area is 165 Å². The maximum Gasteiger partial charge on any atom is 0.150 e. The topological polar surface area (TPSA) is 52.0 Å². The van der Waals surface area contributed by atoms with E-state index < -0.39 is 0 Å². The Morgan fingerprint density at radius 2 is 1.86 bits per heavy atom. The van der Waals surface area contributed by atoms with Crippen molar-refractivity contribution in [1.82, 2.24) is 14.5 Å². The minimum Gasteiger partial charge on any atom is -0.383 e. The number of rotatable bonds is 6. The van der Waals surface area contributed by atoms with Gasteiger partial charge in [-0.05, 0) is 42.7 Å². The van der Waals surface area contributed by atoms with Crippen molar-refractivity contribution in [3.8, 4) is 16.8 Å². The fraction of sp³-hybridized carbons (Fsp3) is 0.217. The van der Waals surface area contributed by atoms with Gasteiger partial charge in [0.05, 0.1) is 12.0 Å². The third kappa shape index (κ3) is 3.37. The van der Waals surface area contributed by atoms with Crippen molar-refractivity contribution in [3.63, 3.8) is 0 Å². The second kappa shape index (κ2) is 7.82. The van der Waals surface area contributed by atoms with Crippen LogP contribution in [0.5, 0.6) is 0 Å². The smallest absolute Gasteiger partial charge is 0.150 e. The maximum absolute atomic E-state index is 5.19. The molecule has 1 N–H and O–H groups in total. The van der Waals surface area contributed by atoms with Crippen LogP contribution in [0.15, 0.2) is 61.1 Å². The number of aryl methyl sites for hydroxylation is 2. The summed E-state index contributed by atoms with van der Waals surface area (Å²) in [6.07, 6.45) is 3.78. The second-order valence-corrected chi connectivity index (χ2v) is 6.91. The molecule has 2 aromatic carbocycles. The molecule has 0 saturated carbocycles. The molecule has 28 heavy (non-hydrogen) atoms. The average Bonchev–Trinajstić information content (AvgIpc) is 3.09. The molecule has 4 rings (SSSR count). The fourth-order valence-corrected chi connectivity index (χ4v) is 3.52. The van der Waals surface area contributed by atoms with Gasteiger partial charge in [-0.3, -0.25) is 0 Å². The molecular weight excluding hydrogens is 348 g/mol. The van der Waals surface area contributed by atoms with E-state index in [1.165, 1.54) is 16.7 Å². The van der Waals surface area contributed by atoms with E-state index in [9.17, 15) is 0 Å². The van der Waals surface area contributed by atoms with Gasteiger partial charge >= 0.3 is 0 Å². The summed E-state index contributed by atoms with van der Waals surface area (Å²) in [6, 6.07) is 16.9. The Morgan fingerprint density at radius 1 is 1.00 bits per heavy atom. The van der Waals surface area contributed by atoms with Gasteiger partial charge < -0.3 is 14.6 Å². The van der Waals surface area contributed by atoms with Gasteiger partial charge in [0.2, 0.25) is 0 Å². The number of nitrogens with zero attached hydrogens (tertiary/aromatic N) is 3. The summed E-state index contributed by atoms with van der Waals surface area (Å²) < 4.78 is 7.33. The van der Waals surface area contributed by atoms with Crippen LogP contribution >= 0.6 is 0 Å². The van der Waals surface area contributed by atoms with Crippen molar-refractivity contribution in [2.24, 2.45) is 0 Å². The van der Waals surface area contributed by atoms with E-state index in [0.717, 1.165) is 28.1 Å². The molecule has 2 aromatic heterocycles. The average molecular weight is 372 g/mol. The number of anilines is 1. The summed E-state index contributed by atoms with van der Waals surface area (Å²) in [7, 11) is 1.70. The van der Waals surface area contributed by atoms with Crippen LogP contribution in [0.25, 0.3) is 27.8 Å². The largest absolute Gasteiger partial charge is 0.383 e. The van der Waals surface area contributed by atoms with Gasteiger partial charge in [-0.15, -0.1) is 0 Å². The summed E-state index contributed by atoms with van der Waals surface area (Å²) in [4.78, 5) is 9.16. The standard InChI is InChI=1S/C23H24N4O/c1-16-7-6-9-18(13-16)27-14-20(19-10-5-4-8-17(19)2)21-22(24-11-12-28-3)25-15-26-23(21)27/h4-10,13-15H,11-12H2,1-3H3,(H,24,25,26). The minimum absolute atomic E-state index is 0.615. The molecule has 0 atom stereocenters. The van der Waals surface area contributed by atoms with Gasteiger partial charge in [-0.2, -0.15) is 0 Å². The number of fused-ring (bicyclic) bond motifs is 1. The van der Waals surface area contributed by atoms with E-state index in [2.05, 4.69) is 88.4 Å². The molecule has 0 aliphatic rings. The summed E-state index contributed by atoms with van der Waals surface area (Å²) in [5.74, 6) is 0.826. The van der Waals surface area contributed by atoms with E-state index in [1.807, 2.05) is 0 Å². The lowest BCUT2D eigenvalue weighted by molar-refractivity contribution is 0.210. The molecule has 0 spiro atoms. The molecule has 0 radical (unpaired) electrons. The van der Waals surface area contributed by atoms with E-state index in [-0.39, 0.29) is 0 Å². The zero-order valence-corrected chi connectivity index (χ0v) is 16.4. The Morgan fingerprint density at radius 3 is 2.64 bits per heavy atom. The van der Waals surface area contributed by atoms with Crippen molar-refractivity contribution in [2.75, 3.05) is 25.6 Å². The highest BCUT2D eigenvalue weighted by atomic mass is 16.5. The predicted octanol–water partition coefficient (Wildman–Crippen LogP) is 4.76. The molecule has 5 heteroatoms. The molecule has 5 nitrogen and oxygen atoms in total. The normalized spacial score (nSPS) is 11.1. The summed E-state index contributed by atoms with van der Waals surface area (Å²) >= 11 is 0. The molecule has 0 saturated heterocycles. The van der Waals surface area contributed by atoms with Crippen molar-refractivity contribution in [3.05, 3.63) is 72.2 Å². The van der Waals surface area contributed by atoms with Crippen molar-refractivity contribution in [1.29, 1.82) is 0 Å². The highest BCUT2D eigenvalue weighted by Gasteiger charge is 2.18. The highest BCUT2D eigenvalue weighted by molar-refractivity contribution is 6.02. The number of hydrogen-bond acceptors (Lipinski definition) is 4. The van der Waals surface area contributed by atoms with Crippen molar-refractivity contribution in [2.45, 2.75) is 13.8 Å². The van der Waals surface area contributed by atoms with E-state index in [4.69, 9.17) is 4.74 Å². The maximum atomic E-state index is 5.19. The quantitative estimate of drug-likeness (QED) is 0.496. The highest BCUT2D eigenvalue weighted by Crippen LogP contribution is 2.36. The van der Waals surface area contributed by atoms with Crippen LogP contribution in [0.4, 0.5) is 5.82 Å². The minimum atomic E-state index is 0.615. The van der Waals surface area contributed by atoms with Crippen LogP contribution in [-0.4, -0.2) is 34.8 Å². The Hall–Kier alpha value is -3.18. The lowest BCUT2D eigenvalue weighted by Gasteiger charge is -2.09. The number of aromatic nitrogens is 3. The van der Waals surface area contributed by atoms with Crippen LogP contribution in [0.3, 0.4) is 0 Å². The fourth-order valence-electron chi connectivity index (χ4n) is 3.52. The van der Waals surface area contributed by atoms with Crippen molar-refractivity contribution < 1.29 is 4.74 Å². The zero-order valence-electron chi connectivity index (χ0n) is 16.4. The van der Waals surface area contributed by atoms with Crippen LogP contribution < -0.4 is 5.32 Å². The first kappa shape index (κ1) is 18.2. The number of hydrogen-bond donors (Lipinski definition) is 1. The molecule has 0 aliphatic carbocycles. The first-order valence-corrected chi connectivity index (χ1v) is 9.41. The van der Waals surface area contributed by atoms with Gasteiger partial charge in [0.25, 0.3) is 0 Å². The van der Waals surface area contributed by atoms with Crippen LogP contribution in [0, 0.1) is 13.8 Å². The molecule has 142 valence electrons. The molecule has 2 heterocycles. The third-order valence-corrected chi connectivity index (χ3v) is 4.90. The summed E-state index contributed by atoms with van der Waals surface area (Å²) in [6.45, 7) is 5.53. The first-order chi connectivity index (χ1) is 13.7. The SMILES string of the molecule is COCCNc1ncnc2c1c(-c1ccccc1C)cn2-c1cccc(C)c1. The second-order valence-electron chi connectivity index (χ2n) is 6.91. The first-order valence-electron chi connectivity index (χ1n) is 9.41. The molecule has 0 aliphatic heterocycles. The lowest BCUT2D eigenvalue weighted by Crippen LogP contribution is -2.09. The lowest BCUT2D eigenvalue weighted by atomic mass is 10.0. The molecule has 0 bridgehead atoms. The van der Waals surface area contributed by atoms with E-state index >= 15 is 0 Å². The van der Waals surface area contributed by atoms with Crippen molar-refractivity contribution >= 4 is 16.9 Å². The molecule has 0 fully saturated rings. The number of nitrogens with one attached hydrogen (secondary N) is 1. The Bertz CT molecular complexity index is 1120. The zero-order chi connectivity index (χ0) is 19.5. The number of ether oxygens (including phenoxy) is 1. The summed E-state index contributed by atoms with van der Waals surface area (Å²) in [5.41, 5.74) is 6.71. The number of methoxy groups -OCH3 is 1. The molecule has 0 amide bonds. The molecular formula is C23H24N4O. The third-order valence-electron chi connectivity index (χ3n) is 4.90. The van der Waals surface area contributed by atoms with Crippen LogP contribution in [0.2, 0.25) is 0 Å².